The van der Waals surface area contributed by atoms with E-state index in [9.17, 15) is 4.39 Å². The monoisotopic (exact) mass is 328 g/mol. The van der Waals surface area contributed by atoms with Crippen molar-refractivity contribution in [2.45, 2.75) is 26.4 Å². The summed E-state index contributed by atoms with van der Waals surface area (Å²) in [4.78, 5) is 4.39. The Morgan fingerprint density at radius 1 is 1.50 bits per heavy atom. The summed E-state index contributed by atoms with van der Waals surface area (Å²) >= 11 is 4.85. The topological polar surface area (TPSA) is 24.9 Å². The van der Waals surface area contributed by atoms with Crippen molar-refractivity contribution in [1.82, 2.24) is 10.3 Å². The lowest BCUT2D eigenvalue weighted by Crippen LogP contribution is -2.18. The maximum absolute atomic E-state index is 13.1. The van der Waals surface area contributed by atoms with Crippen molar-refractivity contribution in [2.24, 2.45) is 0 Å². The van der Waals surface area contributed by atoms with E-state index >= 15 is 0 Å². The van der Waals surface area contributed by atoms with Crippen LogP contribution in [0.2, 0.25) is 0 Å². The second-order valence-electron chi connectivity index (χ2n) is 4.13. The molecular formula is C13H14BrFN2S. The largest absolute Gasteiger partial charge is 0.305 e. The fraction of sp³-hybridized carbons (Fsp3) is 0.308. The molecule has 0 bridgehead atoms. The number of hydrogen-bond acceptors (Lipinski definition) is 3. The van der Waals surface area contributed by atoms with E-state index in [-0.39, 0.29) is 11.9 Å². The molecule has 18 heavy (non-hydrogen) atoms. The van der Waals surface area contributed by atoms with Gasteiger partial charge in [0.05, 0.1) is 15.2 Å². The Balaban J connectivity index is 1.99. The van der Waals surface area contributed by atoms with Crippen LogP contribution >= 0.6 is 27.3 Å². The van der Waals surface area contributed by atoms with Crippen LogP contribution in [0, 0.1) is 12.7 Å². The number of nitrogens with zero attached hydrogens (tertiary/aromatic N) is 1. The van der Waals surface area contributed by atoms with E-state index in [4.69, 9.17) is 0 Å². The number of rotatable bonds is 4. The normalized spacial score (nSPS) is 12.7. The second-order valence-corrected chi connectivity index (χ2v) is 6.05. The Morgan fingerprint density at radius 2 is 2.28 bits per heavy atom. The van der Waals surface area contributed by atoms with Crippen LogP contribution in [-0.2, 0) is 6.54 Å². The van der Waals surface area contributed by atoms with Gasteiger partial charge in [0.2, 0.25) is 0 Å². The highest BCUT2D eigenvalue weighted by molar-refractivity contribution is 9.10. The van der Waals surface area contributed by atoms with E-state index < -0.39 is 0 Å². The lowest BCUT2D eigenvalue weighted by molar-refractivity contribution is 0.564. The highest BCUT2D eigenvalue weighted by Gasteiger charge is 2.08. The molecule has 0 aliphatic carbocycles. The average Bonchev–Trinajstić information content (AvgIpc) is 2.75. The van der Waals surface area contributed by atoms with Crippen LogP contribution in [0.15, 0.2) is 28.1 Å². The Hall–Kier alpha value is -0.780. The maximum atomic E-state index is 13.1. The van der Waals surface area contributed by atoms with Crippen LogP contribution in [0.3, 0.4) is 0 Å². The molecule has 0 aliphatic rings. The third kappa shape index (κ3) is 3.37. The molecule has 0 amide bonds. The summed E-state index contributed by atoms with van der Waals surface area (Å²) in [6.07, 6.45) is 0. The molecule has 0 aliphatic heterocycles. The zero-order chi connectivity index (χ0) is 13.1. The Morgan fingerprint density at radius 3 is 2.89 bits per heavy atom. The standard InChI is InChI=1S/C13H14BrFN2S/c1-8(10-3-4-13(15)12(14)5-10)16-6-11-7-18-9(2)17-11/h3-5,7-8,16H,6H2,1-2H3. The summed E-state index contributed by atoms with van der Waals surface area (Å²) in [6.45, 7) is 4.77. The lowest BCUT2D eigenvalue weighted by Gasteiger charge is -2.13. The van der Waals surface area contributed by atoms with Crippen molar-refractivity contribution in [3.05, 3.63) is 50.1 Å². The number of aryl methyl sites for hydroxylation is 1. The number of aromatic nitrogens is 1. The van der Waals surface area contributed by atoms with Gasteiger partial charge in [-0.25, -0.2) is 9.37 Å². The Kier molecular flexibility index (Phi) is 4.48. The van der Waals surface area contributed by atoms with Crippen molar-refractivity contribution in [2.75, 3.05) is 0 Å². The second kappa shape index (κ2) is 5.91. The first-order chi connectivity index (χ1) is 8.56. The van der Waals surface area contributed by atoms with E-state index in [0.717, 1.165) is 22.8 Å². The molecule has 2 aromatic rings. The summed E-state index contributed by atoms with van der Waals surface area (Å²) < 4.78 is 13.6. The van der Waals surface area contributed by atoms with Gasteiger partial charge in [-0.3, -0.25) is 0 Å². The molecule has 5 heteroatoms. The molecule has 0 saturated heterocycles. The van der Waals surface area contributed by atoms with Gasteiger partial charge in [0.25, 0.3) is 0 Å². The number of nitrogens with one attached hydrogen (secondary N) is 1. The maximum Gasteiger partial charge on any atom is 0.137 e. The quantitative estimate of drug-likeness (QED) is 0.909. The highest BCUT2D eigenvalue weighted by Crippen LogP contribution is 2.21. The molecule has 1 N–H and O–H groups in total. The SMILES string of the molecule is Cc1nc(CNC(C)c2ccc(F)c(Br)c2)cs1. The zero-order valence-corrected chi connectivity index (χ0v) is 12.6. The number of halogens is 2. The van der Waals surface area contributed by atoms with Gasteiger partial charge in [-0.05, 0) is 47.5 Å². The number of thiazole rings is 1. The minimum absolute atomic E-state index is 0.156. The van der Waals surface area contributed by atoms with Crippen molar-refractivity contribution in [1.29, 1.82) is 0 Å². The molecule has 1 aromatic heterocycles. The van der Waals surface area contributed by atoms with Gasteiger partial charge in [0.15, 0.2) is 0 Å². The van der Waals surface area contributed by atoms with Crippen molar-refractivity contribution in [3.63, 3.8) is 0 Å². The van der Waals surface area contributed by atoms with Crippen molar-refractivity contribution < 1.29 is 4.39 Å². The molecule has 2 rings (SSSR count). The van der Waals surface area contributed by atoms with Gasteiger partial charge in [-0.2, -0.15) is 0 Å². The first kappa shape index (κ1) is 13.6. The first-order valence-corrected chi connectivity index (χ1v) is 7.33. The zero-order valence-electron chi connectivity index (χ0n) is 10.2. The summed E-state index contributed by atoms with van der Waals surface area (Å²) in [5.41, 5.74) is 2.10. The van der Waals surface area contributed by atoms with E-state index in [0.29, 0.717) is 4.47 Å². The smallest absolute Gasteiger partial charge is 0.137 e. The molecule has 0 saturated carbocycles. The lowest BCUT2D eigenvalue weighted by atomic mass is 10.1. The predicted molar refractivity (Wildman–Crippen MR) is 76.2 cm³/mol. The minimum atomic E-state index is -0.235. The van der Waals surface area contributed by atoms with Crippen LogP contribution in [0.5, 0.6) is 0 Å². The van der Waals surface area contributed by atoms with Gasteiger partial charge in [0, 0.05) is 18.0 Å². The van der Waals surface area contributed by atoms with Gasteiger partial charge < -0.3 is 5.32 Å². The molecule has 96 valence electrons. The summed E-state index contributed by atoms with van der Waals surface area (Å²) in [5.74, 6) is -0.235. The molecule has 1 atom stereocenters. The fourth-order valence-electron chi connectivity index (χ4n) is 1.65. The van der Waals surface area contributed by atoms with E-state index in [1.54, 1.807) is 23.5 Å². The van der Waals surface area contributed by atoms with E-state index in [1.807, 2.05) is 6.92 Å². The third-order valence-corrected chi connectivity index (χ3v) is 4.13. The number of hydrogen-bond donors (Lipinski definition) is 1. The summed E-state index contributed by atoms with van der Waals surface area (Å²) in [5, 5.41) is 6.50. The van der Waals surface area contributed by atoms with Crippen molar-refractivity contribution >= 4 is 27.3 Å². The third-order valence-electron chi connectivity index (χ3n) is 2.70. The average molecular weight is 329 g/mol. The van der Waals surface area contributed by atoms with E-state index in [2.05, 4.69) is 38.5 Å². The van der Waals surface area contributed by atoms with Gasteiger partial charge in [0.1, 0.15) is 5.82 Å². The van der Waals surface area contributed by atoms with Gasteiger partial charge in [-0.15, -0.1) is 11.3 Å². The Labute approximate surface area is 118 Å². The minimum Gasteiger partial charge on any atom is -0.305 e. The molecule has 1 aromatic carbocycles. The van der Waals surface area contributed by atoms with Crippen LogP contribution in [0.25, 0.3) is 0 Å². The van der Waals surface area contributed by atoms with Gasteiger partial charge >= 0.3 is 0 Å². The van der Waals surface area contributed by atoms with Crippen LogP contribution < -0.4 is 5.32 Å². The molecule has 1 unspecified atom stereocenters. The fourth-order valence-corrected chi connectivity index (χ4v) is 2.66. The summed E-state index contributed by atoms with van der Waals surface area (Å²) in [7, 11) is 0. The predicted octanol–water partition coefficient (Wildman–Crippen LogP) is 4.20. The molecule has 1 heterocycles. The molecule has 0 fully saturated rings. The Bertz CT molecular complexity index is 542. The number of benzene rings is 1. The molecule has 0 spiro atoms. The van der Waals surface area contributed by atoms with E-state index in [1.165, 1.54) is 6.07 Å². The molecule has 0 radical (unpaired) electrons. The first-order valence-electron chi connectivity index (χ1n) is 5.65. The van der Waals surface area contributed by atoms with Crippen molar-refractivity contribution in [3.8, 4) is 0 Å². The van der Waals surface area contributed by atoms with Crippen LogP contribution in [-0.4, -0.2) is 4.98 Å². The molecule has 2 nitrogen and oxygen atoms in total. The highest BCUT2D eigenvalue weighted by atomic mass is 79.9. The van der Waals surface area contributed by atoms with Gasteiger partial charge in [-0.1, -0.05) is 6.07 Å². The van der Waals surface area contributed by atoms with Crippen LogP contribution in [0.1, 0.15) is 29.2 Å². The molecular weight excluding hydrogens is 315 g/mol. The summed E-state index contributed by atoms with van der Waals surface area (Å²) in [6, 6.07) is 5.23. The van der Waals surface area contributed by atoms with Crippen LogP contribution in [0.4, 0.5) is 4.39 Å².